The lowest BCUT2D eigenvalue weighted by Crippen LogP contribution is -2.14. The van der Waals surface area contributed by atoms with E-state index in [4.69, 9.17) is 33.8 Å². The van der Waals surface area contributed by atoms with Gasteiger partial charge in [0.05, 0.1) is 17.3 Å². The number of halogens is 2. The van der Waals surface area contributed by atoms with Crippen molar-refractivity contribution in [2.75, 3.05) is 17.3 Å². The standard InChI is InChI=1S/C12H14Cl2N6O/c1-2-5-21-12-18-10(17-11(19-12)20-15)16-9-6-7(13)3-4-8(9)14/h3-4,6H,2,5,15H2,1H3,(H2,16,17,18,19,20). The second-order valence-corrected chi connectivity index (χ2v) is 4.85. The zero-order chi connectivity index (χ0) is 15.2. The van der Waals surface area contributed by atoms with Crippen LogP contribution >= 0.6 is 23.2 Å². The number of hydrazine groups is 1. The SMILES string of the molecule is CCCOc1nc(NN)nc(Nc2cc(Cl)ccc2Cl)n1. The number of hydrogen-bond acceptors (Lipinski definition) is 7. The highest BCUT2D eigenvalue weighted by molar-refractivity contribution is 6.35. The quantitative estimate of drug-likeness (QED) is 0.553. The third kappa shape index (κ3) is 4.32. The minimum absolute atomic E-state index is 0.167. The number of hydrogen-bond donors (Lipinski definition) is 3. The van der Waals surface area contributed by atoms with Crippen molar-refractivity contribution in [3.63, 3.8) is 0 Å². The van der Waals surface area contributed by atoms with E-state index in [1.54, 1.807) is 18.2 Å². The molecule has 0 bridgehead atoms. The topological polar surface area (TPSA) is 98.0 Å². The van der Waals surface area contributed by atoms with Crippen LogP contribution in [0.25, 0.3) is 0 Å². The maximum absolute atomic E-state index is 6.08. The highest BCUT2D eigenvalue weighted by Gasteiger charge is 2.09. The Bertz CT molecular complexity index is 625. The van der Waals surface area contributed by atoms with Crippen molar-refractivity contribution in [3.05, 3.63) is 28.2 Å². The zero-order valence-electron chi connectivity index (χ0n) is 11.2. The van der Waals surface area contributed by atoms with E-state index >= 15 is 0 Å². The molecular formula is C12H14Cl2N6O. The molecule has 0 amide bonds. The summed E-state index contributed by atoms with van der Waals surface area (Å²) >= 11 is 12.0. The molecule has 0 unspecified atom stereocenters. The van der Waals surface area contributed by atoms with Crippen LogP contribution in [0, 0.1) is 0 Å². The molecule has 1 heterocycles. The van der Waals surface area contributed by atoms with Crippen LogP contribution in [0.1, 0.15) is 13.3 Å². The molecule has 0 aliphatic carbocycles. The number of anilines is 3. The van der Waals surface area contributed by atoms with Gasteiger partial charge in [-0.1, -0.05) is 30.1 Å². The van der Waals surface area contributed by atoms with Gasteiger partial charge in [0.15, 0.2) is 0 Å². The Morgan fingerprint density at radius 1 is 1.19 bits per heavy atom. The molecular weight excluding hydrogens is 315 g/mol. The van der Waals surface area contributed by atoms with Crippen LogP contribution in [0.4, 0.5) is 17.6 Å². The van der Waals surface area contributed by atoms with Crippen molar-refractivity contribution in [1.29, 1.82) is 0 Å². The predicted octanol–water partition coefficient (Wildman–Crippen LogP) is 3.00. The highest BCUT2D eigenvalue weighted by Crippen LogP contribution is 2.27. The monoisotopic (exact) mass is 328 g/mol. The number of ether oxygens (including phenoxy) is 1. The molecule has 2 aromatic rings. The van der Waals surface area contributed by atoms with Crippen LogP contribution in [0.2, 0.25) is 10.0 Å². The molecule has 0 aliphatic heterocycles. The molecule has 0 atom stereocenters. The first-order valence-electron chi connectivity index (χ1n) is 6.20. The van der Waals surface area contributed by atoms with E-state index in [1.165, 1.54) is 0 Å². The molecule has 1 aromatic carbocycles. The van der Waals surface area contributed by atoms with E-state index in [2.05, 4.69) is 25.7 Å². The Morgan fingerprint density at radius 2 is 1.95 bits per heavy atom. The van der Waals surface area contributed by atoms with Crippen LogP contribution in [0.5, 0.6) is 6.01 Å². The minimum atomic E-state index is 0.167. The largest absolute Gasteiger partial charge is 0.463 e. The van der Waals surface area contributed by atoms with Gasteiger partial charge < -0.3 is 10.1 Å². The summed E-state index contributed by atoms with van der Waals surface area (Å²) in [5, 5.41) is 3.97. The Kier molecular flexibility index (Phi) is 5.38. The lowest BCUT2D eigenvalue weighted by atomic mass is 10.3. The fraction of sp³-hybridized carbons (Fsp3) is 0.250. The molecule has 1 aromatic heterocycles. The molecule has 112 valence electrons. The van der Waals surface area contributed by atoms with E-state index in [0.717, 1.165) is 6.42 Å². The Labute approximate surface area is 131 Å². The number of benzene rings is 1. The fourth-order valence-corrected chi connectivity index (χ4v) is 1.79. The van der Waals surface area contributed by atoms with Crippen molar-refractivity contribution in [2.24, 2.45) is 5.84 Å². The van der Waals surface area contributed by atoms with Crippen molar-refractivity contribution in [1.82, 2.24) is 15.0 Å². The van der Waals surface area contributed by atoms with Crippen LogP contribution in [-0.4, -0.2) is 21.6 Å². The van der Waals surface area contributed by atoms with Gasteiger partial charge in [0, 0.05) is 5.02 Å². The second-order valence-electron chi connectivity index (χ2n) is 4.01. The molecule has 0 saturated carbocycles. The van der Waals surface area contributed by atoms with Crippen molar-refractivity contribution >= 4 is 40.8 Å². The van der Waals surface area contributed by atoms with Gasteiger partial charge >= 0.3 is 6.01 Å². The third-order valence-corrected chi connectivity index (χ3v) is 2.92. The molecule has 0 spiro atoms. The lowest BCUT2D eigenvalue weighted by Gasteiger charge is -2.10. The lowest BCUT2D eigenvalue weighted by molar-refractivity contribution is 0.292. The summed E-state index contributed by atoms with van der Waals surface area (Å²) in [5.74, 6) is 5.75. The number of nitrogens with zero attached hydrogens (tertiary/aromatic N) is 3. The molecule has 0 saturated heterocycles. The molecule has 4 N–H and O–H groups in total. The molecule has 9 heteroatoms. The van der Waals surface area contributed by atoms with Gasteiger partial charge in [0.2, 0.25) is 11.9 Å². The number of aromatic nitrogens is 3. The molecule has 0 fully saturated rings. The maximum atomic E-state index is 6.08. The Balaban J connectivity index is 2.27. The van der Waals surface area contributed by atoms with E-state index in [0.29, 0.717) is 22.3 Å². The molecule has 0 radical (unpaired) electrons. The van der Waals surface area contributed by atoms with Gasteiger partial charge in [-0.2, -0.15) is 15.0 Å². The van der Waals surface area contributed by atoms with Gasteiger partial charge in [0.25, 0.3) is 0 Å². The Morgan fingerprint density at radius 3 is 2.67 bits per heavy atom. The third-order valence-electron chi connectivity index (χ3n) is 2.35. The molecule has 2 rings (SSSR count). The second kappa shape index (κ2) is 7.26. The van der Waals surface area contributed by atoms with Gasteiger partial charge in [-0.3, -0.25) is 5.43 Å². The van der Waals surface area contributed by atoms with Crippen molar-refractivity contribution in [3.8, 4) is 6.01 Å². The van der Waals surface area contributed by atoms with E-state index in [-0.39, 0.29) is 17.9 Å². The van der Waals surface area contributed by atoms with Crippen LogP contribution in [-0.2, 0) is 0 Å². The highest BCUT2D eigenvalue weighted by atomic mass is 35.5. The average molecular weight is 329 g/mol. The van der Waals surface area contributed by atoms with Crippen LogP contribution < -0.4 is 21.3 Å². The molecule has 21 heavy (non-hydrogen) atoms. The van der Waals surface area contributed by atoms with E-state index in [9.17, 15) is 0 Å². The maximum Gasteiger partial charge on any atom is 0.323 e. The number of rotatable bonds is 6. The summed E-state index contributed by atoms with van der Waals surface area (Å²) < 4.78 is 5.37. The van der Waals surface area contributed by atoms with Crippen molar-refractivity contribution < 1.29 is 4.74 Å². The van der Waals surface area contributed by atoms with Crippen molar-refractivity contribution in [2.45, 2.75) is 13.3 Å². The number of nitrogens with one attached hydrogen (secondary N) is 2. The minimum Gasteiger partial charge on any atom is -0.463 e. The number of nitrogens with two attached hydrogens (primary N) is 1. The first-order chi connectivity index (χ1) is 10.1. The summed E-state index contributed by atoms with van der Waals surface area (Å²) in [7, 11) is 0. The van der Waals surface area contributed by atoms with Gasteiger partial charge in [0.1, 0.15) is 0 Å². The summed E-state index contributed by atoms with van der Waals surface area (Å²) in [6, 6.07) is 5.19. The summed E-state index contributed by atoms with van der Waals surface area (Å²) in [4.78, 5) is 12.2. The average Bonchev–Trinajstić information content (AvgIpc) is 2.48. The first kappa shape index (κ1) is 15.6. The van der Waals surface area contributed by atoms with Crippen LogP contribution in [0.15, 0.2) is 18.2 Å². The zero-order valence-corrected chi connectivity index (χ0v) is 12.7. The smallest absolute Gasteiger partial charge is 0.323 e. The number of nitrogen functional groups attached to an aromatic ring is 1. The van der Waals surface area contributed by atoms with Gasteiger partial charge in [-0.05, 0) is 24.6 Å². The van der Waals surface area contributed by atoms with Gasteiger partial charge in [-0.15, -0.1) is 0 Å². The van der Waals surface area contributed by atoms with E-state index < -0.39 is 0 Å². The molecule has 7 nitrogen and oxygen atoms in total. The normalized spacial score (nSPS) is 10.3. The fourth-order valence-electron chi connectivity index (χ4n) is 1.45. The Hall–Kier alpha value is -1.83. The summed E-state index contributed by atoms with van der Waals surface area (Å²) in [6.07, 6.45) is 0.833. The molecule has 0 aliphatic rings. The van der Waals surface area contributed by atoms with E-state index in [1.807, 2.05) is 6.92 Å². The summed E-state index contributed by atoms with van der Waals surface area (Å²) in [5.41, 5.74) is 2.92. The summed E-state index contributed by atoms with van der Waals surface area (Å²) in [6.45, 7) is 2.47. The first-order valence-corrected chi connectivity index (χ1v) is 6.95. The van der Waals surface area contributed by atoms with Gasteiger partial charge in [-0.25, -0.2) is 5.84 Å². The predicted molar refractivity (Wildman–Crippen MR) is 83.2 cm³/mol. The van der Waals surface area contributed by atoms with Crippen LogP contribution in [0.3, 0.4) is 0 Å².